The monoisotopic (exact) mass is 456 g/mol. The number of hydrogen-bond acceptors (Lipinski definition) is 5. The van der Waals surface area contributed by atoms with Crippen LogP contribution in [-0.4, -0.2) is 21.1 Å². The molecule has 0 bridgehead atoms. The van der Waals surface area contributed by atoms with E-state index in [0.717, 1.165) is 16.5 Å². The van der Waals surface area contributed by atoms with Crippen molar-refractivity contribution < 1.29 is 18.4 Å². The zero-order valence-electron chi connectivity index (χ0n) is 18.3. The van der Waals surface area contributed by atoms with E-state index in [9.17, 15) is 9.59 Å². The van der Waals surface area contributed by atoms with Crippen molar-refractivity contribution in [3.8, 4) is 17.2 Å². The van der Waals surface area contributed by atoms with E-state index in [1.165, 1.54) is 0 Å². The van der Waals surface area contributed by atoms with Gasteiger partial charge in [0.15, 0.2) is 23.1 Å². The first-order valence-electron chi connectivity index (χ1n) is 11.1. The van der Waals surface area contributed by atoms with Gasteiger partial charge in [0.25, 0.3) is 0 Å². The molecule has 7 rings (SSSR count). The highest BCUT2D eigenvalue weighted by Gasteiger charge is 2.34. The van der Waals surface area contributed by atoms with E-state index in [1.807, 2.05) is 71.3 Å². The molecule has 0 amide bonds. The highest BCUT2D eigenvalue weighted by Crippen LogP contribution is 2.34. The lowest BCUT2D eigenvalue weighted by Gasteiger charge is -2.06. The van der Waals surface area contributed by atoms with Crippen LogP contribution in [0.15, 0.2) is 106 Å². The first-order valence-corrected chi connectivity index (χ1v) is 11.1. The summed E-state index contributed by atoms with van der Waals surface area (Å²) in [4.78, 5) is 31.3. The number of imidazole rings is 1. The van der Waals surface area contributed by atoms with Gasteiger partial charge < -0.3 is 8.83 Å². The molecule has 3 aromatic heterocycles. The first-order chi connectivity index (χ1) is 17.2. The fourth-order valence-electron chi connectivity index (χ4n) is 4.64. The minimum Gasteiger partial charge on any atom is -0.461 e. The molecule has 0 spiro atoms. The predicted octanol–water partition coefficient (Wildman–Crippen LogP) is 6.49. The number of benzene rings is 3. The first kappa shape index (κ1) is 19.5. The van der Waals surface area contributed by atoms with Crippen LogP contribution >= 0.6 is 0 Å². The minimum absolute atomic E-state index is 0.0893. The Kier molecular flexibility index (Phi) is 4.05. The van der Waals surface area contributed by atoms with Crippen LogP contribution in [-0.2, 0) is 0 Å². The molecule has 0 unspecified atom stereocenters. The minimum atomic E-state index is -0.300. The molecule has 1 aliphatic carbocycles. The molecule has 0 atom stereocenters. The molecule has 0 saturated carbocycles. The van der Waals surface area contributed by atoms with Crippen molar-refractivity contribution in [2.24, 2.45) is 0 Å². The van der Waals surface area contributed by atoms with E-state index in [4.69, 9.17) is 8.83 Å². The molecule has 35 heavy (non-hydrogen) atoms. The number of allylic oxidation sites excluding steroid dienone is 1. The highest BCUT2D eigenvalue weighted by molar-refractivity contribution is 6.42. The van der Waals surface area contributed by atoms with Crippen LogP contribution < -0.4 is 0 Å². The average Bonchev–Trinajstić information content (AvgIpc) is 3.65. The summed E-state index contributed by atoms with van der Waals surface area (Å²) >= 11 is 0. The highest BCUT2D eigenvalue weighted by atomic mass is 16.4. The van der Waals surface area contributed by atoms with Crippen LogP contribution in [0, 0.1) is 0 Å². The molecule has 1 aliphatic rings. The van der Waals surface area contributed by atoms with E-state index in [-0.39, 0.29) is 17.1 Å². The van der Waals surface area contributed by atoms with Crippen molar-refractivity contribution in [1.29, 1.82) is 0 Å². The van der Waals surface area contributed by atoms with Gasteiger partial charge >= 0.3 is 0 Å². The van der Waals surface area contributed by atoms with Crippen molar-refractivity contribution in [2.75, 3.05) is 0 Å². The van der Waals surface area contributed by atoms with Gasteiger partial charge in [0.1, 0.15) is 11.3 Å². The second-order valence-electron chi connectivity index (χ2n) is 8.38. The second-order valence-corrected chi connectivity index (χ2v) is 8.38. The molecule has 0 radical (unpaired) electrons. The van der Waals surface area contributed by atoms with Crippen LogP contribution in [0.25, 0.3) is 45.3 Å². The largest absolute Gasteiger partial charge is 0.461 e. The van der Waals surface area contributed by atoms with Gasteiger partial charge in [-0.15, -0.1) is 0 Å². The molecule has 0 saturated heterocycles. The van der Waals surface area contributed by atoms with Gasteiger partial charge in [0.05, 0.1) is 11.8 Å². The lowest BCUT2D eigenvalue weighted by atomic mass is 10.0. The Hall–Kier alpha value is -4.97. The molecule has 6 heteroatoms. The van der Waals surface area contributed by atoms with Gasteiger partial charge in [0, 0.05) is 22.9 Å². The van der Waals surface area contributed by atoms with E-state index in [1.54, 1.807) is 30.5 Å². The average molecular weight is 456 g/mol. The fourth-order valence-corrected chi connectivity index (χ4v) is 4.64. The Bertz CT molecular complexity index is 1760. The summed E-state index contributed by atoms with van der Waals surface area (Å²) in [6.07, 6.45) is 3.14. The lowest BCUT2D eigenvalue weighted by Crippen LogP contribution is -2.03. The fraction of sp³-hybridized carbons (Fsp3) is 0. The third-order valence-corrected chi connectivity index (χ3v) is 6.30. The molecule has 6 nitrogen and oxygen atoms in total. The summed E-state index contributed by atoms with van der Waals surface area (Å²) in [5.74, 6) is 0.970. The normalized spacial score (nSPS) is 13.2. The zero-order chi connectivity index (χ0) is 23.5. The van der Waals surface area contributed by atoms with Crippen LogP contribution in [0.1, 0.15) is 26.5 Å². The molecule has 3 heterocycles. The van der Waals surface area contributed by atoms with Gasteiger partial charge in [0.2, 0.25) is 5.71 Å². The van der Waals surface area contributed by atoms with E-state index >= 15 is 0 Å². The number of nitrogens with zero attached hydrogens (tertiary/aromatic N) is 2. The third-order valence-electron chi connectivity index (χ3n) is 6.30. The number of Topliss-reactive ketones (excluding diaryl/α,β-unsaturated/α-hetero) is 2. The number of aromatic nitrogens is 2. The molecular weight excluding hydrogens is 440 g/mol. The van der Waals surface area contributed by atoms with Gasteiger partial charge in [-0.3, -0.25) is 14.2 Å². The Labute approximate surface area is 198 Å². The van der Waals surface area contributed by atoms with E-state index in [2.05, 4.69) is 4.98 Å². The second kappa shape index (κ2) is 7.27. The number of para-hydroxylation sites is 1. The van der Waals surface area contributed by atoms with Gasteiger partial charge in [-0.05, 0) is 53.2 Å². The van der Waals surface area contributed by atoms with Crippen LogP contribution in [0.2, 0.25) is 0 Å². The maximum atomic E-state index is 13.3. The number of rotatable bonds is 3. The summed E-state index contributed by atoms with van der Waals surface area (Å²) in [6.45, 7) is 0. The smallest absolute Gasteiger partial charge is 0.246 e. The topological polar surface area (TPSA) is 78.2 Å². The molecule has 6 aromatic rings. The summed E-state index contributed by atoms with van der Waals surface area (Å²) in [5.41, 5.74) is 2.84. The van der Waals surface area contributed by atoms with Gasteiger partial charge in [-0.2, -0.15) is 4.98 Å². The molecule has 0 aliphatic heterocycles. The van der Waals surface area contributed by atoms with Crippen LogP contribution in [0.5, 0.6) is 0 Å². The SMILES string of the molecule is O=C1C(=Cc2nc3oc(-c4ccco4)cc3n2-c2ccccc2)C(=O)c2cc3ccccc3cc21. The Balaban J connectivity index is 1.41. The van der Waals surface area contributed by atoms with Gasteiger partial charge in [-0.1, -0.05) is 42.5 Å². The summed E-state index contributed by atoms with van der Waals surface area (Å²) < 4.78 is 13.3. The number of hydrogen-bond donors (Lipinski definition) is 0. The van der Waals surface area contributed by atoms with E-state index in [0.29, 0.717) is 39.7 Å². The number of carbonyl (C=O) groups excluding carboxylic acids is 2. The standard InChI is InChI=1S/C29H16N2O4/c32-27-20-13-17-7-4-5-8-18(17)14-21(20)28(33)22(27)15-26-30-29-23(31(26)19-9-2-1-3-10-19)16-25(35-29)24-11-6-12-34-24/h1-16H. The Morgan fingerprint density at radius 1 is 0.743 bits per heavy atom. The molecule has 3 aromatic carbocycles. The van der Waals surface area contributed by atoms with Crippen molar-refractivity contribution in [3.05, 3.63) is 114 Å². The molecular formula is C29H16N2O4. The maximum absolute atomic E-state index is 13.3. The van der Waals surface area contributed by atoms with Crippen LogP contribution in [0.4, 0.5) is 0 Å². The van der Waals surface area contributed by atoms with Crippen molar-refractivity contribution in [1.82, 2.24) is 9.55 Å². The van der Waals surface area contributed by atoms with Crippen molar-refractivity contribution >= 4 is 39.6 Å². The molecule has 0 fully saturated rings. The molecule has 0 N–H and O–H groups in total. The summed E-state index contributed by atoms with van der Waals surface area (Å²) in [5, 5.41) is 1.84. The summed E-state index contributed by atoms with van der Waals surface area (Å²) in [6, 6.07) is 26.3. The number of furan rings is 2. The van der Waals surface area contributed by atoms with E-state index < -0.39 is 0 Å². The Morgan fingerprint density at radius 2 is 1.43 bits per heavy atom. The number of carbonyl (C=O) groups is 2. The summed E-state index contributed by atoms with van der Waals surface area (Å²) in [7, 11) is 0. The van der Waals surface area contributed by atoms with Crippen molar-refractivity contribution in [2.45, 2.75) is 0 Å². The Morgan fingerprint density at radius 3 is 2.09 bits per heavy atom. The van der Waals surface area contributed by atoms with Crippen LogP contribution in [0.3, 0.4) is 0 Å². The molecule has 166 valence electrons. The number of fused-ring (bicyclic) bond motifs is 3. The number of ketones is 2. The predicted molar refractivity (Wildman–Crippen MR) is 132 cm³/mol. The maximum Gasteiger partial charge on any atom is 0.246 e. The zero-order valence-corrected chi connectivity index (χ0v) is 18.3. The quantitative estimate of drug-likeness (QED) is 0.225. The van der Waals surface area contributed by atoms with Gasteiger partial charge in [-0.25, -0.2) is 0 Å². The lowest BCUT2D eigenvalue weighted by molar-refractivity contribution is 0.0990. The van der Waals surface area contributed by atoms with Crippen molar-refractivity contribution in [3.63, 3.8) is 0 Å². The third kappa shape index (κ3) is 2.93.